The summed E-state index contributed by atoms with van der Waals surface area (Å²) in [4.78, 5) is 22.1. The lowest BCUT2D eigenvalue weighted by Gasteiger charge is -2.30. The highest BCUT2D eigenvalue weighted by atomic mass is 35.5. The molecule has 0 amide bonds. The van der Waals surface area contributed by atoms with Crippen molar-refractivity contribution in [3.63, 3.8) is 0 Å². The molecule has 190 valence electrons. The van der Waals surface area contributed by atoms with E-state index in [2.05, 4.69) is 9.97 Å². The minimum absolute atomic E-state index is 0.0990. The summed E-state index contributed by atoms with van der Waals surface area (Å²) in [7, 11) is 0. The molecule has 0 saturated heterocycles. The van der Waals surface area contributed by atoms with E-state index in [1.54, 1.807) is 32.9 Å². The van der Waals surface area contributed by atoms with Crippen LogP contribution in [0.3, 0.4) is 0 Å². The van der Waals surface area contributed by atoms with Gasteiger partial charge in [-0.15, -0.1) is 0 Å². The maximum absolute atomic E-state index is 13.1. The number of hydrogen-bond donors (Lipinski definition) is 1. The van der Waals surface area contributed by atoms with E-state index in [0.717, 1.165) is 36.8 Å². The summed E-state index contributed by atoms with van der Waals surface area (Å²) in [6.07, 6.45) is 4.16. The van der Waals surface area contributed by atoms with Crippen LogP contribution in [0.25, 0.3) is 0 Å². The summed E-state index contributed by atoms with van der Waals surface area (Å²) in [5.74, 6) is -0.871. The molecule has 6 nitrogen and oxygen atoms in total. The van der Waals surface area contributed by atoms with Crippen LogP contribution in [0.15, 0.2) is 48.5 Å². The third kappa shape index (κ3) is 6.11. The minimum Gasteiger partial charge on any atom is -0.491 e. The van der Waals surface area contributed by atoms with Crippen LogP contribution in [-0.4, -0.2) is 26.6 Å². The van der Waals surface area contributed by atoms with Gasteiger partial charge in [0.1, 0.15) is 18.0 Å². The van der Waals surface area contributed by atoms with E-state index in [-0.39, 0.29) is 23.5 Å². The van der Waals surface area contributed by atoms with Crippen molar-refractivity contribution in [1.29, 1.82) is 0 Å². The van der Waals surface area contributed by atoms with E-state index >= 15 is 0 Å². The Morgan fingerprint density at radius 1 is 1.06 bits per heavy atom. The molecular weight excluding hydrogens is 499 g/mol. The average molecular weight is 529 g/mol. The minimum atomic E-state index is -0.754. The van der Waals surface area contributed by atoms with Crippen LogP contribution in [0.1, 0.15) is 73.9 Å². The van der Waals surface area contributed by atoms with Gasteiger partial charge in [0.15, 0.2) is 5.69 Å². The second-order valence-corrected chi connectivity index (χ2v) is 11.0. The highest BCUT2D eigenvalue weighted by molar-refractivity contribution is 6.33. The lowest BCUT2D eigenvalue weighted by molar-refractivity contribution is 0.00564. The lowest BCUT2D eigenvalue weighted by Crippen LogP contribution is -2.28. The lowest BCUT2D eigenvalue weighted by atomic mass is 9.76. The second kappa shape index (κ2) is 10.7. The molecule has 0 radical (unpaired) electrons. The Morgan fingerprint density at radius 2 is 1.75 bits per heavy atom. The van der Waals surface area contributed by atoms with Crippen LogP contribution >= 0.6 is 23.2 Å². The number of ether oxygens (including phenoxy) is 2. The molecule has 36 heavy (non-hydrogen) atoms. The maximum atomic E-state index is 13.1. The Hall–Kier alpha value is -2.83. The van der Waals surface area contributed by atoms with Gasteiger partial charge in [-0.1, -0.05) is 66.4 Å². The Labute approximate surface area is 221 Å². The number of hydrogen-bond acceptors (Lipinski definition) is 6. The first-order chi connectivity index (χ1) is 17.1. The van der Waals surface area contributed by atoms with E-state index in [0.29, 0.717) is 22.3 Å². The van der Waals surface area contributed by atoms with Gasteiger partial charge in [-0.05, 0) is 62.9 Å². The fraction of sp³-hybridized carbons (Fsp3) is 0.393. The number of aromatic nitrogens is 2. The van der Waals surface area contributed by atoms with E-state index in [1.165, 1.54) is 0 Å². The number of carbonyl (C=O) groups is 1. The third-order valence-corrected chi connectivity index (χ3v) is 6.83. The number of carbonyl (C=O) groups excluding carboxylic acids is 1. The normalized spacial score (nSPS) is 15.0. The number of halogens is 2. The number of benzene rings is 2. The van der Waals surface area contributed by atoms with Gasteiger partial charge >= 0.3 is 5.97 Å². The largest absolute Gasteiger partial charge is 0.491 e. The van der Waals surface area contributed by atoms with Crippen LogP contribution in [0, 0.1) is 0 Å². The van der Waals surface area contributed by atoms with Crippen molar-refractivity contribution in [3.05, 3.63) is 81.2 Å². The number of esters is 1. The second-order valence-electron chi connectivity index (χ2n) is 10.2. The van der Waals surface area contributed by atoms with Crippen molar-refractivity contribution in [3.8, 4) is 11.6 Å². The van der Waals surface area contributed by atoms with Crippen molar-refractivity contribution in [2.24, 2.45) is 0 Å². The molecule has 1 heterocycles. The van der Waals surface area contributed by atoms with Gasteiger partial charge in [0, 0.05) is 21.9 Å². The van der Waals surface area contributed by atoms with Crippen molar-refractivity contribution in [1.82, 2.24) is 9.97 Å². The van der Waals surface area contributed by atoms with Gasteiger partial charge < -0.3 is 14.6 Å². The van der Waals surface area contributed by atoms with Gasteiger partial charge in [-0.2, -0.15) is 4.98 Å². The number of rotatable bonds is 7. The van der Waals surface area contributed by atoms with Crippen LogP contribution in [0.5, 0.6) is 11.6 Å². The van der Waals surface area contributed by atoms with Crippen molar-refractivity contribution < 1.29 is 19.4 Å². The summed E-state index contributed by atoms with van der Waals surface area (Å²) >= 11 is 12.9. The molecule has 1 aromatic heterocycles. The molecule has 4 rings (SSSR count). The van der Waals surface area contributed by atoms with E-state index in [9.17, 15) is 9.90 Å². The molecule has 1 N–H and O–H groups in total. The molecule has 1 fully saturated rings. The summed E-state index contributed by atoms with van der Waals surface area (Å²) in [6.45, 7) is 5.44. The van der Waals surface area contributed by atoms with Crippen molar-refractivity contribution in [2.75, 3.05) is 0 Å². The molecule has 0 aliphatic heterocycles. The number of aromatic hydroxyl groups is 1. The van der Waals surface area contributed by atoms with Gasteiger partial charge in [0.25, 0.3) is 5.88 Å². The van der Waals surface area contributed by atoms with Gasteiger partial charge in [0.05, 0.1) is 0 Å². The molecular formula is C28H30Cl2N2O4. The standard InChI is InChI=1S/C28H30Cl2N2O4/c1-27(2,3)36-26(34)23-24(35-17-18-9-5-4-6-10-18)25(33)32-22(31-23)16-28(13-7-8-14-28)20-15-19(29)11-12-21(20)30/h4-6,9-12,15H,7-8,13-14,16-17H2,1-3H3,(H,31,32,33). The van der Waals surface area contributed by atoms with Crippen LogP contribution in [-0.2, 0) is 23.2 Å². The first kappa shape index (κ1) is 26.2. The molecule has 2 aromatic carbocycles. The molecule has 0 spiro atoms. The molecule has 1 aliphatic rings. The molecule has 8 heteroatoms. The summed E-state index contributed by atoms with van der Waals surface area (Å²) in [5.41, 5.74) is 0.590. The molecule has 0 atom stereocenters. The topological polar surface area (TPSA) is 81.5 Å². The van der Waals surface area contributed by atoms with E-state index in [1.807, 2.05) is 36.4 Å². The smallest absolute Gasteiger partial charge is 0.361 e. The van der Waals surface area contributed by atoms with Crippen LogP contribution in [0.4, 0.5) is 0 Å². The molecule has 0 unspecified atom stereocenters. The maximum Gasteiger partial charge on any atom is 0.361 e. The molecule has 3 aromatic rings. The van der Waals surface area contributed by atoms with E-state index < -0.39 is 17.5 Å². The first-order valence-corrected chi connectivity index (χ1v) is 12.8. The van der Waals surface area contributed by atoms with Crippen LogP contribution < -0.4 is 4.74 Å². The highest BCUT2D eigenvalue weighted by Crippen LogP contribution is 2.47. The molecule has 0 bridgehead atoms. The van der Waals surface area contributed by atoms with Crippen molar-refractivity contribution >= 4 is 29.2 Å². The third-order valence-electron chi connectivity index (χ3n) is 6.27. The predicted octanol–water partition coefficient (Wildman–Crippen LogP) is 7.08. The Bertz CT molecular complexity index is 1240. The quantitative estimate of drug-likeness (QED) is 0.330. The SMILES string of the molecule is CC(C)(C)OC(=O)c1nc(CC2(c3cc(Cl)ccc3Cl)CCCC2)nc(O)c1OCc1ccccc1. The summed E-state index contributed by atoms with van der Waals surface area (Å²) in [5, 5.41) is 12.1. The Kier molecular flexibility index (Phi) is 7.76. The highest BCUT2D eigenvalue weighted by Gasteiger charge is 2.39. The fourth-order valence-corrected chi connectivity index (χ4v) is 5.18. The first-order valence-electron chi connectivity index (χ1n) is 12.0. The molecule has 1 aliphatic carbocycles. The zero-order valence-electron chi connectivity index (χ0n) is 20.7. The molecule has 1 saturated carbocycles. The summed E-state index contributed by atoms with van der Waals surface area (Å²) < 4.78 is 11.4. The van der Waals surface area contributed by atoms with Crippen molar-refractivity contribution in [2.45, 2.75) is 70.5 Å². The zero-order valence-corrected chi connectivity index (χ0v) is 22.2. The van der Waals surface area contributed by atoms with Gasteiger partial charge in [0.2, 0.25) is 5.75 Å². The monoisotopic (exact) mass is 528 g/mol. The predicted molar refractivity (Wildman–Crippen MR) is 140 cm³/mol. The van der Waals surface area contributed by atoms with E-state index in [4.69, 9.17) is 32.7 Å². The Morgan fingerprint density at radius 3 is 2.42 bits per heavy atom. The van der Waals surface area contributed by atoms with Gasteiger partial charge in [-0.25, -0.2) is 9.78 Å². The van der Waals surface area contributed by atoms with Gasteiger partial charge in [-0.3, -0.25) is 0 Å². The average Bonchev–Trinajstić information content (AvgIpc) is 3.28. The zero-order chi connectivity index (χ0) is 25.9. The summed E-state index contributed by atoms with van der Waals surface area (Å²) in [6, 6.07) is 14.9. The fourth-order valence-electron chi connectivity index (χ4n) is 4.69. The Balaban J connectivity index is 1.72. The van der Waals surface area contributed by atoms with Crippen LogP contribution in [0.2, 0.25) is 10.0 Å². The number of nitrogens with zero attached hydrogens (tertiary/aromatic N) is 2.